The Morgan fingerprint density at radius 1 is 1.11 bits per heavy atom. The summed E-state index contributed by atoms with van der Waals surface area (Å²) in [6, 6.07) is 0. The summed E-state index contributed by atoms with van der Waals surface area (Å²) in [7, 11) is 0. The van der Waals surface area contributed by atoms with Crippen molar-refractivity contribution in [3.8, 4) is 0 Å². The van der Waals surface area contributed by atoms with Crippen LogP contribution in [0.3, 0.4) is 0 Å². The van der Waals surface area contributed by atoms with Gasteiger partial charge in [0, 0.05) is 38.5 Å². The molecule has 4 heteroatoms. The van der Waals surface area contributed by atoms with Gasteiger partial charge in [-0.15, -0.1) is 11.6 Å². The Balaban J connectivity index is 2.22. The molecule has 1 fully saturated rings. The summed E-state index contributed by atoms with van der Waals surface area (Å²) in [6.07, 6.45) is 6.53. The fraction of sp³-hybridized carbons (Fsp3) is 0.929. The number of carbonyl (C=O) groups is 1. The summed E-state index contributed by atoms with van der Waals surface area (Å²) in [6.45, 7) is 7.00. The van der Waals surface area contributed by atoms with E-state index in [9.17, 15) is 4.79 Å². The molecule has 0 aromatic heterocycles. The van der Waals surface area contributed by atoms with Crippen molar-refractivity contribution in [2.75, 3.05) is 38.6 Å². The van der Waals surface area contributed by atoms with Crippen LogP contribution in [0.4, 0.5) is 0 Å². The molecule has 1 amide bonds. The Labute approximate surface area is 116 Å². The number of alkyl halides is 1. The summed E-state index contributed by atoms with van der Waals surface area (Å²) in [5.41, 5.74) is 0. The van der Waals surface area contributed by atoms with Gasteiger partial charge in [-0.25, -0.2) is 0 Å². The molecule has 0 bridgehead atoms. The van der Waals surface area contributed by atoms with Crippen molar-refractivity contribution in [3.63, 3.8) is 0 Å². The van der Waals surface area contributed by atoms with E-state index in [-0.39, 0.29) is 0 Å². The number of carbonyl (C=O) groups excluding carboxylic acids is 1. The molecule has 1 aliphatic rings. The molecule has 1 saturated heterocycles. The van der Waals surface area contributed by atoms with Crippen molar-refractivity contribution >= 4 is 17.5 Å². The van der Waals surface area contributed by atoms with E-state index < -0.39 is 0 Å². The van der Waals surface area contributed by atoms with Gasteiger partial charge in [-0.05, 0) is 19.4 Å². The van der Waals surface area contributed by atoms with E-state index >= 15 is 0 Å². The van der Waals surface area contributed by atoms with E-state index in [2.05, 4.69) is 11.8 Å². The lowest BCUT2D eigenvalue weighted by molar-refractivity contribution is -0.131. The van der Waals surface area contributed by atoms with Crippen LogP contribution in [0.5, 0.6) is 0 Å². The largest absolute Gasteiger partial charge is 0.341 e. The van der Waals surface area contributed by atoms with Gasteiger partial charge in [0.25, 0.3) is 0 Å². The monoisotopic (exact) mass is 274 g/mol. The third-order valence-electron chi connectivity index (χ3n) is 3.59. The average molecular weight is 275 g/mol. The average Bonchev–Trinajstić information content (AvgIpc) is 2.61. The summed E-state index contributed by atoms with van der Waals surface area (Å²) in [5, 5.41) is 0. The summed E-state index contributed by atoms with van der Waals surface area (Å²) < 4.78 is 0. The van der Waals surface area contributed by atoms with Crippen LogP contribution in [0, 0.1) is 0 Å². The highest BCUT2D eigenvalue weighted by Crippen LogP contribution is 2.08. The number of amides is 1. The second kappa shape index (κ2) is 9.62. The molecule has 0 aromatic carbocycles. The zero-order valence-electron chi connectivity index (χ0n) is 11.7. The quantitative estimate of drug-likeness (QED) is 0.526. The maximum atomic E-state index is 12.1. The van der Waals surface area contributed by atoms with Crippen molar-refractivity contribution in [2.45, 2.75) is 45.4 Å². The first-order chi connectivity index (χ1) is 8.77. The third-order valence-corrected chi connectivity index (χ3v) is 3.76. The van der Waals surface area contributed by atoms with Crippen LogP contribution < -0.4 is 0 Å². The van der Waals surface area contributed by atoms with Crippen LogP contribution in [0.25, 0.3) is 0 Å². The maximum Gasteiger partial charge on any atom is 0.222 e. The predicted molar refractivity (Wildman–Crippen MR) is 77.1 cm³/mol. The number of unbranched alkanes of at least 4 members (excludes halogenated alkanes) is 3. The Hall–Kier alpha value is -0.280. The lowest BCUT2D eigenvalue weighted by atomic mass is 10.1. The standard InChI is InChI=1S/C14H27ClN2O/c1-2-3-4-5-7-14(18)17-10-6-9-16(11-8-15)12-13-17/h2-13H2,1H3. The van der Waals surface area contributed by atoms with E-state index in [4.69, 9.17) is 11.6 Å². The summed E-state index contributed by atoms with van der Waals surface area (Å²) in [4.78, 5) is 16.5. The van der Waals surface area contributed by atoms with Crippen LogP contribution in [0.2, 0.25) is 0 Å². The number of nitrogens with zero attached hydrogens (tertiary/aromatic N) is 2. The van der Waals surface area contributed by atoms with Crippen LogP contribution in [0.15, 0.2) is 0 Å². The van der Waals surface area contributed by atoms with E-state index in [0.29, 0.717) is 11.8 Å². The number of rotatable bonds is 7. The summed E-state index contributed by atoms with van der Waals surface area (Å²) in [5.74, 6) is 1.03. The molecule has 0 spiro atoms. The van der Waals surface area contributed by atoms with Crippen molar-refractivity contribution < 1.29 is 4.79 Å². The minimum absolute atomic E-state index is 0.346. The number of hydrogen-bond acceptors (Lipinski definition) is 2. The zero-order chi connectivity index (χ0) is 13.2. The Bertz CT molecular complexity index is 236. The second-order valence-corrected chi connectivity index (χ2v) is 5.45. The molecule has 18 heavy (non-hydrogen) atoms. The minimum Gasteiger partial charge on any atom is -0.341 e. The molecular formula is C14H27ClN2O. The van der Waals surface area contributed by atoms with Crippen LogP contribution in [-0.4, -0.2) is 54.3 Å². The highest BCUT2D eigenvalue weighted by molar-refractivity contribution is 6.18. The van der Waals surface area contributed by atoms with Crippen LogP contribution in [0.1, 0.15) is 45.4 Å². The normalized spacial score (nSPS) is 17.8. The molecule has 3 nitrogen and oxygen atoms in total. The molecule has 0 aliphatic carbocycles. The highest BCUT2D eigenvalue weighted by Gasteiger charge is 2.18. The van der Waals surface area contributed by atoms with E-state index in [1.54, 1.807) is 0 Å². The molecule has 0 unspecified atom stereocenters. The van der Waals surface area contributed by atoms with Crippen molar-refractivity contribution in [1.29, 1.82) is 0 Å². The molecular weight excluding hydrogens is 248 g/mol. The molecule has 0 radical (unpaired) electrons. The number of halogens is 1. The lowest BCUT2D eigenvalue weighted by Crippen LogP contribution is -2.35. The SMILES string of the molecule is CCCCCCC(=O)N1CCCN(CCCl)CC1. The lowest BCUT2D eigenvalue weighted by Gasteiger charge is -2.21. The van der Waals surface area contributed by atoms with Crippen LogP contribution in [-0.2, 0) is 4.79 Å². The second-order valence-electron chi connectivity index (χ2n) is 5.08. The van der Waals surface area contributed by atoms with Crippen molar-refractivity contribution in [2.24, 2.45) is 0 Å². The Morgan fingerprint density at radius 3 is 2.67 bits per heavy atom. The first-order valence-electron chi connectivity index (χ1n) is 7.34. The maximum absolute atomic E-state index is 12.1. The Kier molecular flexibility index (Phi) is 8.44. The van der Waals surface area contributed by atoms with Gasteiger partial charge in [-0.3, -0.25) is 4.79 Å². The molecule has 0 aromatic rings. The molecule has 0 saturated carbocycles. The van der Waals surface area contributed by atoms with Gasteiger partial charge >= 0.3 is 0 Å². The van der Waals surface area contributed by atoms with Gasteiger partial charge in [-0.2, -0.15) is 0 Å². The van der Waals surface area contributed by atoms with Crippen molar-refractivity contribution in [1.82, 2.24) is 9.80 Å². The first kappa shape index (κ1) is 15.8. The third kappa shape index (κ3) is 6.05. The van der Waals surface area contributed by atoms with Crippen LogP contribution >= 0.6 is 11.6 Å². The molecule has 1 aliphatic heterocycles. The summed E-state index contributed by atoms with van der Waals surface area (Å²) >= 11 is 5.76. The predicted octanol–water partition coefficient (Wildman–Crippen LogP) is 2.73. The minimum atomic E-state index is 0.346. The van der Waals surface area contributed by atoms with E-state index in [1.165, 1.54) is 19.3 Å². The molecule has 1 heterocycles. The highest BCUT2D eigenvalue weighted by atomic mass is 35.5. The van der Waals surface area contributed by atoms with E-state index in [0.717, 1.165) is 52.0 Å². The molecule has 0 N–H and O–H groups in total. The van der Waals surface area contributed by atoms with Gasteiger partial charge in [0.15, 0.2) is 0 Å². The van der Waals surface area contributed by atoms with Gasteiger partial charge in [0.2, 0.25) is 5.91 Å². The molecule has 1 rings (SSSR count). The van der Waals surface area contributed by atoms with Gasteiger partial charge in [0.1, 0.15) is 0 Å². The number of hydrogen-bond donors (Lipinski definition) is 0. The topological polar surface area (TPSA) is 23.6 Å². The Morgan fingerprint density at radius 2 is 1.94 bits per heavy atom. The fourth-order valence-corrected chi connectivity index (χ4v) is 2.66. The zero-order valence-corrected chi connectivity index (χ0v) is 12.4. The smallest absolute Gasteiger partial charge is 0.222 e. The first-order valence-corrected chi connectivity index (χ1v) is 7.87. The van der Waals surface area contributed by atoms with Gasteiger partial charge < -0.3 is 9.80 Å². The van der Waals surface area contributed by atoms with Gasteiger partial charge in [-0.1, -0.05) is 26.2 Å². The molecule has 106 valence electrons. The molecule has 0 atom stereocenters. The van der Waals surface area contributed by atoms with Gasteiger partial charge in [0.05, 0.1) is 0 Å². The van der Waals surface area contributed by atoms with E-state index in [1.807, 2.05) is 4.90 Å². The fourth-order valence-electron chi connectivity index (χ4n) is 2.42. The van der Waals surface area contributed by atoms with Crippen molar-refractivity contribution in [3.05, 3.63) is 0 Å².